The Morgan fingerprint density at radius 2 is 1.18 bits per heavy atom. The molecule has 1 saturated heterocycles. The molecule has 6 nitrogen and oxygen atoms in total. The third kappa shape index (κ3) is 4.15. The van der Waals surface area contributed by atoms with Gasteiger partial charge in [0.25, 0.3) is 0 Å². The molecular weight excluding hydrogens is 396 g/mol. The number of rotatable bonds is 6. The number of piperazine rings is 1. The van der Waals surface area contributed by atoms with Crippen LogP contribution in [0.15, 0.2) is 64.4 Å². The minimum Gasteiger partial charge on any atom is -0.207 e. The van der Waals surface area contributed by atoms with Gasteiger partial charge in [-0.15, -0.1) is 0 Å². The van der Waals surface area contributed by atoms with Gasteiger partial charge in [-0.2, -0.15) is 8.61 Å². The average Bonchev–Trinajstić information content (AvgIpc) is 2.74. The molecule has 0 bridgehead atoms. The lowest BCUT2D eigenvalue weighted by Gasteiger charge is -2.33. The van der Waals surface area contributed by atoms with Crippen molar-refractivity contribution in [3.63, 3.8) is 0 Å². The van der Waals surface area contributed by atoms with Crippen molar-refractivity contribution in [3.05, 3.63) is 60.2 Å². The average molecular weight is 423 g/mol. The molecule has 1 fully saturated rings. The van der Waals surface area contributed by atoms with E-state index in [9.17, 15) is 16.8 Å². The standard InChI is InChI=1S/C20H26N2O4S2/c1-3-17(2)18-9-11-20(12-10-18)28(25,26)22-15-13-21(14-16-22)27(23,24)19-7-5-4-6-8-19/h4-12,17H,3,13-16H2,1-2H3/t17-/m0/s1. The molecule has 2 aromatic rings. The molecule has 1 aliphatic heterocycles. The van der Waals surface area contributed by atoms with Gasteiger partial charge in [-0.05, 0) is 42.2 Å². The molecule has 0 N–H and O–H groups in total. The summed E-state index contributed by atoms with van der Waals surface area (Å²) < 4.78 is 54.0. The Balaban J connectivity index is 1.72. The minimum absolute atomic E-state index is 0.140. The molecule has 1 aliphatic rings. The Bertz CT molecular complexity index is 996. The van der Waals surface area contributed by atoms with E-state index in [-0.39, 0.29) is 36.0 Å². The van der Waals surface area contributed by atoms with Crippen molar-refractivity contribution in [1.82, 2.24) is 8.61 Å². The first-order valence-corrected chi connectivity index (χ1v) is 12.3. The van der Waals surface area contributed by atoms with Gasteiger partial charge in [-0.25, -0.2) is 16.8 Å². The number of sulfonamides is 2. The Morgan fingerprint density at radius 3 is 1.61 bits per heavy atom. The van der Waals surface area contributed by atoms with Gasteiger partial charge in [-0.3, -0.25) is 0 Å². The van der Waals surface area contributed by atoms with Crippen LogP contribution in [0, 0.1) is 0 Å². The summed E-state index contributed by atoms with van der Waals surface area (Å²) in [6.07, 6.45) is 0.990. The van der Waals surface area contributed by atoms with Gasteiger partial charge < -0.3 is 0 Å². The second-order valence-electron chi connectivity index (χ2n) is 7.00. The van der Waals surface area contributed by atoms with Crippen molar-refractivity contribution in [1.29, 1.82) is 0 Å². The second-order valence-corrected chi connectivity index (χ2v) is 10.9. The largest absolute Gasteiger partial charge is 0.243 e. The number of hydrogen-bond acceptors (Lipinski definition) is 4. The zero-order valence-electron chi connectivity index (χ0n) is 16.2. The summed E-state index contributed by atoms with van der Waals surface area (Å²) in [5.74, 6) is 0.378. The van der Waals surface area contributed by atoms with Crippen LogP contribution in [-0.2, 0) is 20.0 Å². The van der Waals surface area contributed by atoms with Crippen molar-refractivity contribution in [3.8, 4) is 0 Å². The lowest BCUT2D eigenvalue weighted by atomic mass is 9.99. The monoisotopic (exact) mass is 422 g/mol. The molecule has 0 unspecified atom stereocenters. The second kappa shape index (κ2) is 8.32. The highest BCUT2D eigenvalue weighted by Crippen LogP contribution is 2.24. The summed E-state index contributed by atoms with van der Waals surface area (Å²) in [6.45, 7) is 4.76. The topological polar surface area (TPSA) is 74.8 Å². The third-order valence-electron chi connectivity index (χ3n) is 5.28. The smallest absolute Gasteiger partial charge is 0.207 e. The van der Waals surface area contributed by atoms with E-state index in [2.05, 4.69) is 13.8 Å². The SMILES string of the molecule is CC[C@H](C)c1ccc(S(=O)(=O)N2CCN(S(=O)(=O)c3ccccc3)CC2)cc1. The summed E-state index contributed by atoms with van der Waals surface area (Å²) in [7, 11) is -7.23. The summed E-state index contributed by atoms with van der Waals surface area (Å²) in [5, 5.41) is 0. The fourth-order valence-corrected chi connectivity index (χ4v) is 6.11. The van der Waals surface area contributed by atoms with Gasteiger partial charge >= 0.3 is 0 Å². The van der Waals surface area contributed by atoms with Crippen molar-refractivity contribution in [2.75, 3.05) is 26.2 Å². The van der Waals surface area contributed by atoms with E-state index in [0.717, 1.165) is 12.0 Å². The van der Waals surface area contributed by atoms with Crippen molar-refractivity contribution < 1.29 is 16.8 Å². The van der Waals surface area contributed by atoms with Gasteiger partial charge in [-0.1, -0.05) is 44.2 Å². The third-order valence-corrected chi connectivity index (χ3v) is 9.10. The zero-order valence-corrected chi connectivity index (χ0v) is 17.8. The summed E-state index contributed by atoms with van der Waals surface area (Å²) in [5.41, 5.74) is 1.11. The van der Waals surface area contributed by atoms with Crippen LogP contribution in [0.25, 0.3) is 0 Å². The quantitative estimate of drug-likeness (QED) is 0.717. The lowest BCUT2D eigenvalue weighted by Crippen LogP contribution is -2.50. The maximum atomic E-state index is 12.9. The van der Waals surface area contributed by atoms with Crippen molar-refractivity contribution >= 4 is 20.0 Å². The van der Waals surface area contributed by atoms with Gasteiger partial charge in [0.1, 0.15) is 0 Å². The Kier molecular flexibility index (Phi) is 6.24. The van der Waals surface area contributed by atoms with E-state index in [1.54, 1.807) is 42.5 Å². The highest BCUT2D eigenvalue weighted by molar-refractivity contribution is 7.89. The van der Waals surface area contributed by atoms with Gasteiger partial charge in [0.15, 0.2) is 0 Å². The molecule has 0 radical (unpaired) electrons. The highest BCUT2D eigenvalue weighted by atomic mass is 32.2. The molecule has 0 saturated carbocycles. The molecule has 152 valence electrons. The minimum atomic E-state index is -3.63. The fourth-order valence-electron chi connectivity index (χ4n) is 3.25. The van der Waals surface area contributed by atoms with Crippen LogP contribution in [0.2, 0.25) is 0 Å². The summed E-state index contributed by atoms with van der Waals surface area (Å²) >= 11 is 0. The number of benzene rings is 2. The summed E-state index contributed by atoms with van der Waals surface area (Å²) in [6, 6.07) is 15.2. The van der Waals surface area contributed by atoms with Gasteiger partial charge in [0, 0.05) is 26.2 Å². The molecule has 28 heavy (non-hydrogen) atoms. The molecule has 8 heteroatoms. The van der Waals surface area contributed by atoms with E-state index >= 15 is 0 Å². The normalized spacial score (nSPS) is 18.1. The maximum absolute atomic E-state index is 12.9. The number of hydrogen-bond donors (Lipinski definition) is 0. The van der Waals surface area contributed by atoms with E-state index in [0.29, 0.717) is 5.92 Å². The molecule has 1 atom stereocenters. The van der Waals surface area contributed by atoms with E-state index < -0.39 is 20.0 Å². The molecule has 0 spiro atoms. The molecule has 2 aromatic carbocycles. The van der Waals surface area contributed by atoms with E-state index in [1.807, 2.05) is 12.1 Å². The van der Waals surface area contributed by atoms with E-state index in [4.69, 9.17) is 0 Å². The fraction of sp³-hybridized carbons (Fsp3) is 0.400. The summed E-state index contributed by atoms with van der Waals surface area (Å²) in [4.78, 5) is 0.478. The lowest BCUT2D eigenvalue weighted by molar-refractivity contribution is 0.273. The van der Waals surface area contributed by atoms with Crippen LogP contribution in [0.5, 0.6) is 0 Å². The maximum Gasteiger partial charge on any atom is 0.243 e. The first kappa shape index (κ1) is 21.0. The Morgan fingerprint density at radius 1 is 0.750 bits per heavy atom. The molecule has 0 aliphatic carbocycles. The van der Waals surface area contributed by atoms with Crippen LogP contribution in [0.1, 0.15) is 31.7 Å². The van der Waals surface area contributed by atoms with Crippen LogP contribution < -0.4 is 0 Å². The van der Waals surface area contributed by atoms with Crippen molar-refractivity contribution in [2.45, 2.75) is 36.0 Å². The highest BCUT2D eigenvalue weighted by Gasteiger charge is 2.33. The molecule has 0 aromatic heterocycles. The predicted octanol–water partition coefficient (Wildman–Crippen LogP) is 2.90. The molecule has 3 rings (SSSR count). The Labute approximate surface area is 167 Å². The van der Waals surface area contributed by atoms with Crippen molar-refractivity contribution in [2.24, 2.45) is 0 Å². The number of nitrogens with zero attached hydrogens (tertiary/aromatic N) is 2. The van der Waals surface area contributed by atoms with Crippen LogP contribution in [-0.4, -0.2) is 51.6 Å². The van der Waals surface area contributed by atoms with Gasteiger partial charge in [0.05, 0.1) is 9.79 Å². The zero-order chi connectivity index (χ0) is 20.4. The first-order valence-electron chi connectivity index (χ1n) is 9.42. The molecule has 0 amide bonds. The molecular formula is C20H26N2O4S2. The van der Waals surface area contributed by atoms with Gasteiger partial charge in [0.2, 0.25) is 20.0 Å². The van der Waals surface area contributed by atoms with E-state index in [1.165, 1.54) is 8.61 Å². The van der Waals surface area contributed by atoms with Crippen LogP contribution in [0.3, 0.4) is 0 Å². The first-order chi connectivity index (χ1) is 13.3. The predicted molar refractivity (Wildman–Crippen MR) is 109 cm³/mol. The van der Waals surface area contributed by atoms with Crippen LogP contribution >= 0.6 is 0 Å². The van der Waals surface area contributed by atoms with Crippen LogP contribution in [0.4, 0.5) is 0 Å². The Hall–Kier alpha value is -1.74. The molecule has 1 heterocycles.